The number of halogens is 2. The average Bonchev–Trinajstić information content (AvgIpc) is 2.69. The maximum atomic E-state index is 10.1. The standard InChI is InChI=1S/C11H8Br2OS/c12-8-1-2-9(10(13)5-8)11(14)7-3-4-15-6-7/h1-6,11,14H. The lowest BCUT2D eigenvalue weighted by Gasteiger charge is -2.11. The molecular weight excluding hydrogens is 340 g/mol. The first-order chi connectivity index (χ1) is 7.18. The fourth-order valence-corrected chi connectivity index (χ4v) is 3.28. The quantitative estimate of drug-likeness (QED) is 0.855. The highest BCUT2D eigenvalue weighted by Gasteiger charge is 2.13. The van der Waals surface area contributed by atoms with E-state index >= 15 is 0 Å². The second kappa shape index (κ2) is 4.78. The van der Waals surface area contributed by atoms with Crippen LogP contribution in [0.5, 0.6) is 0 Å². The molecule has 0 fully saturated rings. The van der Waals surface area contributed by atoms with Gasteiger partial charge < -0.3 is 5.11 Å². The third kappa shape index (κ3) is 2.50. The molecule has 0 amide bonds. The molecular formula is C11H8Br2OS. The van der Waals surface area contributed by atoms with E-state index in [0.717, 1.165) is 20.1 Å². The van der Waals surface area contributed by atoms with E-state index in [1.807, 2.05) is 35.0 Å². The van der Waals surface area contributed by atoms with Gasteiger partial charge in [-0.25, -0.2) is 0 Å². The highest BCUT2D eigenvalue weighted by atomic mass is 79.9. The molecule has 4 heteroatoms. The van der Waals surface area contributed by atoms with E-state index in [0.29, 0.717) is 0 Å². The van der Waals surface area contributed by atoms with Crippen LogP contribution in [0, 0.1) is 0 Å². The van der Waals surface area contributed by atoms with Crippen LogP contribution in [-0.4, -0.2) is 5.11 Å². The largest absolute Gasteiger partial charge is 0.384 e. The third-order valence-electron chi connectivity index (χ3n) is 2.12. The molecule has 1 aromatic heterocycles. The highest BCUT2D eigenvalue weighted by molar-refractivity contribution is 9.11. The molecule has 1 heterocycles. The first-order valence-electron chi connectivity index (χ1n) is 4.33. The molecule has 0 spiro atoms. The molecule has 0 aliphatic heterocycles. The van der Waals surface area contributed by atoms with E-state index in [2.05, 4.69) is 31.9 Å². The van der Waals surface area contributed by atoms with Gasteiger partial charge in [0, 0.05) is 8.95 Å². The Morgan fingerprint density at radius 1 is 1.20 bits per heavy atom. The van der Waals surface area contributed by atoms with Crippen LogP contribution in [0.25, 0.3) is 0 Å². The minimum absolute atomic E-state index is 0.557. The van der Waals surface area contributed by atoms with E-state index in [9.17, 15) is 5.11 Å². The van der Waals surface area contributed by atoms with Gasteiger partial charge in [-0.2, -0.15) is 11.3 Å². The van der Waals surface area contributed by atoms with Crippen molar-refractivity contribution in [2.24, 2.45) is 0 Å². The molecule has 1 unspecified atom stereocenters. The van der Waals surface area contributed by atoms with Crippen molar-refractivity contribution in [3.8, 4) is 0 Å². The normalized spacial score (nSPS) is 12.7. The van der Waals surface area contributed by atoms with E-state index in [4.69, 9.17) is 0 Å². The maximum absolute atomic E-state index is 10.1. The summed E-state index contributed by atoms with van der Waals surface area (Å²) in [6.45, 7) is 0. The van der Waals surface area contributed by atoms with Crippen LogP contribution < -0.4 is 0 Å². The Morgan fingerprint density at radius 3 is 2.60 bits per heavy atom. The van der Waals surface area contributed by atoms with Crippen molar-refractivity contribution in [2.45, 2.75) is 6.10 Å². The van der Waals surface area contributed by atoms with Gasteiger partial charge in [0.25, 0.3) is 0 Å². The van der Waals surface area contributed by atoms with Crippen LogP contribution in [0.2, 0.25) is 0 Å². The number of hydrogen-bond acceptors (Lipinski definition) is 2. The van der Waals surface area contributed by atoms with Crippen molar-refractivity contribution in [2.75, 3.05) is 0 Å². The van der Waals surface area contributed by atoms with Gasteiger partial charge in [0.05, 0.1) is 0 Å². The van der Waals surface area contributed by atoms with Crippen LogP contribution >= 0.6 is 43.2 Å². The van der Waals surface area contributed by atoms with Gasteiger partial charge in [-0.15, -0.1) is 0 Å². The van der Waals surface area contributed by atoms with Crippen LogP contribution in [-0.2, 0) is 0 Å². The Balaban J connectivity index is 2.38. The summed E-state index contributed by atoms with van der Waals surface area (Å²) in [5.74, 6) is 0. The molecule has 0 aliphatic carbocycles. The summed E-state index contributed by atoms with van der Waals surface area (Å²) in [7, 11) is 0. The fraction of sp³-hybridized carbons (Fsp3) is 0.0909. The van der Waals surface area contributed by atoms with E-state index in [1.165, 1.54) is 0 Å². The van der Waals surface area contributed by atoms with Crippen molar-refractivity contribution in [1.82, 2.24) is 0 Å². The van der Waals surface area contributed by atoms with Crippen molar-refractivity contribution in [1.29, 1.82) is 0 Å². The number of aliphatic hydroxyl groups excluding tert-OH is 1. The summed E-state index contributed by atoms with van der Waals surface area (Å²) >= 11 is 8.42. The summed E-state index contributed by atoms with van der Waals surface area (Å²) in [4.78, 5) is 0. The summed E-state index contributed by atoms with van der Waals surface area (Å²) in [6.07, 6.45) is -0.557. The summed E-state index contributed by atoms with van der Waals surface area (Å²) in [5, 5.41) is 14.0. The third-order valence-corrected chi connectivity index (χ3v) is 4.00. The van der Waals surface area contributed by atoms with Crippen molar-refractivity contribution in [3.63, 3.8) is 0 Å². The number of hydrogen-bond donors (Lipinski definition) is 1. The molecule has 1 nitrogen and oxygen atoms in total. The second-order valence-electron chi connectivity index (χ2n) is 3.13. The maximum Gasteiger partial charge on any atom is 0.106 e. The Labute approximate surface area is 109 Å². The topological polar surface area (TPSA) is 20.2 Å². The summed E-state index contributed by atoms with van der Waals surface area (Å²) < 4.78 is 1.91. The van der Waals surface area contributed by atoms with Gasteiger partial charge in [0.2, 0.25) is 0 Å². The van der Waals surface area contributed by atoms with Gasteiger partial charge in [-0.1, -0.05) is 37.9 Å². The lowest BCUT2D eigenvalue weighted by atomic mass is 10.0. The van der Waals surface area contributed by atoms with Gasteiger partial charge in [0.15, 0.2) is 0 Å². The van der Waals surface area contributed by atoms with Crippen LogP contribution in [0.1, 0.15) is 17.2 Å². The molecule has 0 bridgehead atoms. The van der Waals surface area contributed by atoms with Gasteiger partial charge >= 0.3 is 0 Å². The molecule has 1 aromatic carbocycles. The summed E-state index contributed by atoms with van der Waals surface area (Å²) in [5.41, 5.74) is 1.82. The van der Waals surface area contributed by atoms with Crippen LogP contribution in [0.4, 0.5) is 0 Å². The van der Waals surface area contributed by atoms with Crippen molar-refractivity contribution in [3.05, 3.63) is 55.1 Å². The SMILES string of the molecule is OC(c1ccsc1)c1ccc(Br)cc1Br. The van der Waals surface area contributed by atoms with Gasteiger partial charge in [-0.3, -0.25) is 0 Å². The van der Waals surface area contributed by atoms with E-state index in [-0.39, 0.29) is 0 Å². The van der Waals surface area contributed by atoms with E-state index < -0.39 is 6.10 Å². The highest BCUT2D eigenvalue weighted by Crippen LogP contribution is 2.31. The molecule has 2 rings (SSSR count). The zero-order chi connectivity index (χ0) is 10.8. The Hall–Kier alpha value is -0.160. The Bertz CT molecular complexity index is 454. The molecule has 0 aliphatic rings. The van der Waals surface area contributed by atoms with Crippen molar-refractivity contribution >= 4 is 43.2 Å². The van der Waals surface area contributed by atoms with Crippen LogP contribution in [0.3, 0.4) is 0 Å². The average molecular weight is 348 g/mol. The van der Waals surface area contributed by atoms with Gasteiger partial charge in [0.1, 0.15) is 6.10 Å². The smallest absolute Gasteiger partial charge is 0.106 e. The Kier molecular flexibility index (Phi) is 3.61. The zero-order valence-corrected chi connectivity index (χ0v) is 11.6. The molecule has 0 saturated carbocycles. The van der Waals surface area contributed by atoms with E-state index in [1.54, 1.807) is 11.3 Å². The van der Waals surface area contributed by atoms with Crippen LogP contribution in [0.15, 0.2) is 44.0 Å². The minimum Gasteiger partial charge on any atom is -0.384 e. The molecule has 1 N–H and O–H groups in total. The first-order valence-corrected chi connectivity index (χ1v) is 6.86. The lowest BCUT2D eigenvalue weighted by Crippen LogP contribution is -1.98. The molecule has 15 heavy (non-hydrogen) atoms. The zero-order valence-electron chi connectivity index (χ0n) is 7.65. The molecule has 2 aromatic rings. The number of thiophene rings is 1. The minimum atomic E-state index is -0.557. The molecule has 0 radical (unpaired) electrons. The molecule has 0 saturated heterocycles. The fourth-order valence-electron chi connectivity index (χ4n) is 1.33. The number of rotatable bonds is 2. The van der Waals surface area contributed by atoms with Crippen molar-refractivity contribution < 1.29 is 5.11 Å². The lowest BCUT2D eigenvalue weighted by molar-refractivity contribution is 0.220. The number of benzene rings is 1. The Morgan fingerprint density at radius 2 is 2.00 bits per heavy atom. The predicted molar refractivity (Wildman–Crippen MR) is 70.2 cm³/mol. The van der Waals surface area contributed by atoms with Gasteiger partial charge in [-0.05, 0) is 40.1 Å². The molecule has 78 valence electrons. The summed E-state index contributed by atoms with van der Waals surface area (Å²) in [6, 6.07) is 7.71. The monoisotopic (exact) mass is 346 g/mol. The molecule has 1 atom stereocenters. The number of aliphatic hydroxyl groups is 1. The predicted octanol–water partition coefficient (Wildman–Crippen LogP) is 4.35. The second-order valence-corrected chi connectivity index (χ2v) is 5.68. The first kappa shape index (κ1) is 11.3.